The number of rotatable bonds is 3. The van der Waals surface area contributed by atoms with E-state index in [2.05, 4.69) is 97.4 Å². The van der Waals surface area contributed by atoms with Crippen LogP contribution < -0.4 is 15.9 Å². The zero-order valence-corrected chi connectivity index (χ0v) is 16.0. The van der Waals surface area contributed by atoms with Gasteiger partial charge in [0.15, 0.2) is 0 Å². The maximum Gasteiger partial charge on any atom is 0.0131 e. The molecule has 109 valence electrons. The van der Waals surface area contributed by atoms with E-state index in [1.807, 2.05) is 0 Å². The Kier molecular flexibility index (Phi) is 5.42. The zero-order valence-electron chi connectivity index (χ0n) is 12.7. The molecule has 3 aromatic carbocycles. The van der Waals surface area contributed by atoms with E-state index in [1.54, 1.807) is 0 Å². The Morgan fingerprint density at radius 1 is 0.565 bits per heavy atom. The van der Waals surface area contributed by atoms with Crippen LogP contribution >= 0.6 is 7.92 Å². The molecular formula is C21H16PZr. The molecule has 0 heterocycles. The molecule has 0 N–H and O–H groups in total. The summed E-state index contributed by atoms with van der Waals surface area (Å²) in [6, 6.07) is 28.6. The predicted octanol–water partition coefficient (Wildman–Crippen LogP) is 4.02. The summed E-state index contributed by atoms with van der Waals surface area (Å²) in [5.41, 5.74) is 2.65. The number of allylic oxidation sites excluding steroid dienone is 1. The molecule has 1 aliphatic rings. The molecule has 0 saturated heterocycles. The molecule has 3 aromatic rings. The van der Waals surface area contributed by atoms with Crippen molar-refractivity contribution in [2.24, 2.45) is 0 Å². The maximum atomic E-state index is 2.35. The number of benzene rings is 3. The van der Waals surface area contributed by atoms with Gasteiger partial charge in [0.2, 0.25) is 0 Å². The topological polar surface area (TPSA) is 0 Å². The molecule has 0 spiro atoms. The zero-order chi connectivity index (χ0) is 14.8. The normalized spacial score (nSPS) is 12.0. The average molecular weight is 391 g/mol. The standard InChI is InChI=1S/C21H16P.Zr/c1-3-10-19(11-4-1)22(20-12-5-2-6-13-20)21-15-14-17-8-7-9-18(17)16-21;/h1-16H;. The van der Waals surface area contributed by atoms with Crippen LogP contribution in [0.2, 0.25) is 0 Å². The summed E-state index contributed by atoms with van der Waals surface area (Å²) in [7, 11) is -0.500. The van der Waals surface area contributed by atoms with Crippen LogP contribution in [0.3, 0.4) is 0 Å². The van der Waals surface area contributed by atoms with Crippen molar-refractivity contribution in [2.45, 2.75) is 0 Å². The fourth-order valence-electron chi connectivity index (χ4n) is 2.85. The summed E-state index contributed by atoms with van der Waals surface area (Å²) in [6.07, 6.45) is 6.50. The van der Waals surface area contributed by atoms with Crippen molar-refractivity contribution < 1.29 is 26.2 Å². The molecule has 4 rings (SSSR count). The minimum Gasteiger partial charge on any atom is -0.0755 e. The van der Waals surface area contributed by atoms with Crippen molar-refractivity contribution >= 4 is 29.9 Å². The predicted molar refractivity (Wildman–Crippen MR) is 97.6 cm³/mol. The Hall–Kier alpha value is -1.29. The quantitative estimate of drug-likeness (QED) is 0.593. The molecule has 0 bridgehead atoms. The molecule has 0 aromatic heterocycles. The van der Waals surface area contributed by atoms with Crippen molar-refractivity contribution in [1.82, 2.24) is 0 Å². The van der Waals surface area contributed by atoms with E-state index in [4.69, 9.17) is 0 Å². The van der Waals surface area contributed by atoms with Crippen LogP contribution in [-0.4, -0.2) is 0 Å². The summed E-state index contributed by atoms with van der Waals surface area (Å²) >= 11 is 0. The van der Waals surface area contributed by atoms with E-state index in [0.717, 1.165) is 0 Å². The van der Waals surface area contributed by atoms with Gasteiger partial charge in [-0.1, -0.05) is 84.9 Å². The monoisotopic (exact) mass is 389 g/mol. The molecule has 0 atom stereocenters. The summed E-state index contributed by atoms with van der Waals surface area (Å²) in [5.74, 6) is 0. The van der Waals surface area contributed by atoms with Crippen molar-refractivity contribution in [2.75, 3.05) is 0 Å². The molecule has 2 heteroatoms. The first-order valence-corrected chi connectivity index (χ1v) is 8.82. The van der Waals surface area contributed by atoms with Crippen LogP contribution in [0, 0.1) is 6.42 Å². The summed E-state index contributed by atoms with van der Waals surface area (Å²) in [6.45, 7) is 0. The number of hydrogen-bond donors (Lipinski definition) is 0. The second kappa shape index (κ2) is 7.52. The van der Waals surface area contributed by atoms with Gasteiger partial charge in [0, 0.05) is 32.6 Å². The van der Waals surface area contributed by atoms with Crippen molar-refractivity contribution in [3.63, 3.8) is 0 Å². The Bertz CT molecular complexity index is 770. The molecule has 0 aliphatic heterocycles. The van der Waals surface area contributed by atoms with Gasteiger partial charge in [-0.15, -0.1) is 0 Å². The molecule has 1 aliphatic carbocycles. The third-order valence-electron chi connectivity index (χ3n) is 3.91. The van der Waals surface area contributed by atoms with Crippen LogP contribution in [0.1, 0.15) is 11.1 Å². The van der Waals surface area contributed by atoms with Crippen molar-refractivity contribution in [3.8, 4) is 0 Å². The first-order chi connectivity index (χ1) is 10.9. The van der Waals surface area contributed by atoms with E-state index in [-0.39, 0.29) is 26.2 Å². The largest absolute Gasteiger partial charge is 0.0755 e. The third kappa shape index (κ3) is 3.47. The molecule has 0 unspecified atom stereocenters. The van der Waals surface area contributed by atoms with E-state index >= 15 is 0 Å². The van der Waals surface area contributed by atoms with Gasteiger partial charge in [-0.25, -0.2) is 0 Å². The van der Waals surface area contributed by atoms with Gasteiger partial charge in [-0.3, -0.25) is 0 Å². The average Bonchev–Trinajstić information content (AvgIpc) is 3.05. The summed E-state index contributed by atoms with van der Waals surface area (Å²) < 4.78 is 0. The fourth-order valence-corrected chi connectivity index (χ4v) is 5.18. The van der Waals surface area contributed by atoms with E-state index < -0.39 is 7.92 Å². The van der Waals surface area contributed by atoms with Crippen LogP contribution in [0.25, 0.3) is 6.08 Å². The molecule has 23 heavy (non-hydrogen) atoms. The van der Waals surface area contributed by atoms with Crippen LogP contribution in [0.15, 0.2) is 84.9 Å². The molecule has 0 fully saturated rings. The smallest absolute Gasteiger partial charge is 0.0131 e. The Morgan fingerprint density at radius 2 is 1.17 bits per heavy atom. The maximum absolute atomic E-state index is 2.35. The Balaban J connectivity index is 0.00000156. The van der Waals surface area contributed by atoms with Crippen LogP contribution in [0.5, 0.6) is 0 Å². The van der Waals surface area contributed by atoms with Crippen molar-refractivity contribution in [1.29, 1.82) is 0 Å². The minimum atomic E-state index is -0.500. The number of fused-ring (bicyclic) bond motifs is 1. The molecule has 1 radical (unpaired) electrons. The molecular weight excluding hydrogens is 374 g/mol. The summed E-state index contributed by atoms with van der Waals surface area (Å²) in [4.78, 5) is 0. The molecule has 0 amide bonds. The Labute approximate surface area is 158 Å². The first-order valence-electron chi connectivity index (χ1n) is 7.47. The van der Waals surface area contributed by atoms with E-state index in [9.17, 15) is 0 Å². The second-order valence-corrected chi connectivity index (χ2v) is 7.57. The first kappa shape index (κ1) is 16.6. The van der Waals surface area contributed by atoms with Gasteiger partial charge < -0.3 is 0 Å². The van der Waals surface area contributed by atoms with Crippen LogP contribution in [0.4, 0.5) is 0 Å². The van der Waals surface area contributed by atoms with E-state index in [1.165, 1.54) is 27.0 Å². The van der Waals surface area contributed by atoms with Gasteiger partial charge in [0.05, 0.1) is 0 Å². The summed E-state index contributed by atoms with van der Waals surface area (Å²) in [5, 5.41) is 4.20. The third-order valence-corrected chi connectivity index (χ3v) is 6.33. The van der Waals surface area contributed by atoms with Gasteiger partial charge in [-0.05, 0) is 41.0 Å². The molecule has 0 saturated carbocycles. The van der Waals surface area contributed by atoms with Gasteiger partial charge in [0.1, 0.15) is 0 Å². The Morgan fingerprint density at radius 3 is 1.78 bits per heavy atom. The van der Waals surface area contributed by atoms with Crippen molar-refractivity contribution in [3.05, 3.63) is 102 Å². The van der Waals surface area contributed by atoms with Crippen LogP contribution in [-0.2, 0) is 26.2 Å². The van der Waals surface area contributed by atoms with E-state index in [0.29, 0.717) is 0 Å². The fraction of sp³-hybridized carbons (Fsp3) is 0. The van der Waals surface area contributed by atoms with Gasteiger partial charge in [-0.2, -0.15) is 0 Å². The van der Waals surface area contributed by atoms with Gasteiger partial charge in [0.25, 0.3) is 0 Å². The second-order valence-electron chi connectivity index (χ2n) is 5.35. The minimum absolute atomic E-state index is 0. The van der Waals surface area contributed by atoms with Gasteiger partial charge >= 0.3 is 0 Å². The number of hydrogen-bond acceptors (Lipinski definition) is 0. The SMILES string of the molecule is [CH]1C=Cc2cc(P(c3ccccc3)c3ccccc3)ccc21.[Zr]. The molecule has 0 nitrogen and oxygen atoms in total.